The first kappa shape index (κ1) is 99.3. The number of benzene rings is 6. The Morgan fingerprint density at radius 2 is 0.765 bits per heavy atom. The first-order valence-corrected chi connectivity index (χ1v) is 36.1. The molecule has 23 heteroatoms. The van der Waals surface area contributed by atoms with Crippen LogP contribution in [0.2, 0.25) is 0 Å². The fraction of sp³-hybridized carbons (Fsp3) is 0.480. The lowest BCUT2D eigenvalue weighted by Gasteiger charge is -2.26. The van der Waals surface area contributed by atoms with Crippen molar-refractivity contribution in [1.82, 2.24) is 0 Å². The summed E-state index contributed by atoms with van der Waals surface area (Å²) < 4.78 is 132. The van der Waals surface area contributed by atoms with Crippen molar-refractivity contribution < 1.29 is 81.6 Å². The average molecular weight is 1450 g/mol. The Balaban J connectivity index is -0.000000399. The smallest absolute Gasteiger partial charge is 0.504 e. The van der Waals surface area contributed by atoms with Crippen molar-refractivity contribution in [3.8, 4) is 34.5 Å². The monoisotopic (exact) mass is 1450 g/mol. The highest BCUT2D eigenvalue weighted by atomic mass is 33.2. The molecule has 554 valence electrons. The summed E-state index contributed by atoms with van der Waals surface area (Å²) in [5, 5.41) is 9.01. The van der Waals surface area contributed by atoms with Crippen LogP contribution in [0.5, 0.6) is 34.5 Å². The van der Waals surface area contributed by atoms with E-state index >= 15 is 0 Å². The average Bonchev–Trinajstić information content (AvgIpc) is 0.774. The van der Waals surface area contributed by atoms with Crippen LogP contribution in [0.1, 0.15) is 216 Å². The molecule has 0 aliphatic heterocycles. The van der Waals surface area contributed by atoms with Gasteiger partial charge in [-0.05, 0) is 217 Å². The molecule has 19 nitrogen and oxygen atoms in total. The molecule has 1 aliphatic rings. The van der Waals surface area contributed by atoms with E-state index in [1.807, 2.05) is 32.9 Å². The van der Waals surface area contributed by atoms with Crippen LogP contribution in [0.4, 0.5) is 0 Å². The molecule has 0 aromatic heterocycles. The van der Waals surface area contributed by atoms with Crippen molar-refractivity contribution in [3.05, 3.63) is 162 Å². The van der Waals surface area contributed by atoms with E-state index in [-0.39, 0.29) is 82.1 Å². The summed E-state index contributed by atoms with van der Waals surface area (Å²) in [6.45, 7) is 21.4. The van der Waals surface area contributed by atoms with Crippen molar-refractivity contribution in [3.63, 3.8) is 0 Å². The van der Waals surface area contributed by atoms with E-state index in [0.717, 1.165) is 60.7 Å². The van der Waals surface area contributed by atoms with Gasteiger partial charge in [0.15, 0.2) is 6.29 Å². The highest BCUT2D eigenvalue weighted by Crippen LogP contribution is 2.32. The number of rotatable bonds is 21. The summed E-state index contributed by atoms with van der Waals surface area (Å²) in [6, 6.07) is 35.1. The van der Waals surface area contributed by atoms with Crippen LogP contribution in [-0.4, -0.2) is 86.5 Å². The van der Waals surface area contributed by atoms with E-state index in [2.05, 4.69) is 56.8 Å². The Bertz CT molecular complexity index is 3790. The second kappa shape index (κ2) is 44.6. The number of ether oxygens (including phenoxy) is 6. The van der Waals surface area contributed by atoms with E-state index in [9.17, 15) is 48.8 Å². The Morgan fingerprint density at radius 3 is 1.06 bits per heavy atom. The molecule has 7 rings (SSSR count). The predicted molar refractivity (Wildman–Crippen MR) is 400 cm³/mol. The lowest BCUT2D eigenvalue weighted by molar-refractivity contribution is -0.144. The Labute approximate surface area is 590 Å². The Hall–Kier alpha value is -7.40. The molecule has 3 atom stereocenters. The molecule has 0 spiro atoms. The zero-order valence-corrected chi connectivity index (χ0v) is 56.8. The molecule has 0 radical (unpaired) electrons. The quantitative estimate of drug-likeness (QED) is 0.0102. The number of carbonyl (C=O) groups is 2. The third-order valence-corrected chi connectivity index (χ3v) is 24.8. The fourth-order valence-electron chi connectivity index (χ4n) is 8.19. The van der Waals surface area contributed by atoms with Crippen LogP contribution in [0, 0.1) is 10.8 Å². The lowest BCUT2D eigenvalue weighted by Crippen LogP contribution is -2.28. The van der Waals surface area contributed by atoms with Gasteiger partial charge in [0.05, 0.1) is 50.7 Å². The molecular weight excluding hydrogens is 1330 g/mol. The van der Waals surface area contributed by atoms with Crippen LogP contribution in [0.15, 0.2) is 165 Å². The van der Waals surface area contributed by atoms with Gasteiger partial charge in [-0.2, -0.15) is 0 Å². The van der Waals surface area contributed by atoms with E-state index in [4.69, 9.17) is 33.5 Å². The molecule has 0 saturated heterocycles. The SMILES string of the molecule is C.C.C.C.C.C.C.C.CCC(C)(C)C(=O)Oc1ccc(S(=O)(=O)C(=[N+]=[N-])S(=O)(=O)c2ccc(OC)cc2)cc1.CCC(C)(C)C(=O)Oc1ccc(S(=O)(=O)S(=O)(=O)c2ccc(OC)cc2)cc1.CCC(C)c1ccc(O)cc1.CCC(C)c1ccc(OC(C)OC2CCCCC2)cc1. The number of hydrogen-bond acceptors (Lipinski definition) is 17. The van der Waals surface area contributed by atoms with Gasteiger partial charge in [-0.3, -0.25) is 9.59 Å². The van der Waals surface area contributed by atoms with Crippen LogP contribution < -0.4 is 23.7 Å². The minimum atomic E-state index is -4.71. The second-order valence-corrected chi connectivity index (χ2v) is 32.1. The summed E-state index contributed by atoms with van der Waals surface area (Å²) in [7, 11) is -15.9. The molecule has 0 amide bonds. The highest BCUT2D eigenvalue weighted by Gasteiger charge is 2.44. The molecule has 0 heterocycles. The molecular formula is C75H118N2O17S4. The molecule has 6 aromatic rings. The van der Waals surface area contributed by atoms with Gasteiger partial charge in [-0.1, -0.05) is 144 Å². The number of nitrogens with zero attached hydrogens (tertiary/aromatic N) is 2. The summed E-state index contributed by atoms with van der Waals surface area (Å²) in [5.41, 5.74) is 10.5. The molecule has 1 N–H and O–H groups in total. The number of phenolic OH excluding ortho intramolecular Hbond substituents is 1. The maximum Gasteiger partial charge on any atom is 0.504 e. The van der Waals surface area contributed by atoms with Gasteiger partial charge in [0.25, 0.3) is 37.4 Å². The molecule has 98 heavy (non-hydrogen) atoms. The maximum absolute atomic E-state index is 12.8. The van der Waals surface area contributed by atoms with Gasteiger partial charge < -0.3 is 39.1 Å². The third-order valence-electron chi connectivity index (χ3n) is 15.5. The van der Waals surface area contributed by atoms with Gasteiger partial charge in [-0.25, -0.2) is 33.7 Å². The van der Waals surface area contributed by atoms with Crippen LogP contribution in [0.3, 0.4) is 0 Å². The fourth-order valence-corrected chi connectivity index (χ4v) is 15.2. The van der Waals surface area contributed by atoms with Crippen molar-refractivity contribution in [2.75, 3.05) is 14.2 Å². The summed E-state index contributed by atoms with van der Waals surface area (Å²) in [5.74, 6) is 2.48. The zero-order chi connectivity index (χ0) is 67.3. The van der Waals surface area contributed by atoms with E-state index in [0.29, 0.717) is 48.0 Å². The summed E-state index contributed by atoms with van der Waals surface area (Å²) in [6.07, 6.45) is 9.95. The number of phenols is 1. The maximum atomic E-state index is 12.8. The van der Waals surface area contributed by atoms with Crippen molar-refractivity contribution >= 4 is 53.7 Å². The minimum absolute atomic E-state index is 0. The molecule has 3 unspecified atom stereocenters. The van der Waals surface area contributed by atoms with Crippen molar-refractivity contribution in [2.24, 2.45) is 10.8 Å². The normalized spacial score (nSPS) is 12.8. The summed E-state index contributed by atoms with van der Waals surface area (Å²) >= 11 is 0. The predicted octanol–water partition coefficient (Wildman–Crippen LogP) is 19.3. The second-order valence-electron chi connectivity index (χ2n) is 22.7. The number of aromatic hydroxyl groups is 1. The lowest BCUT2D eigenvalue weighted by atomic mass is 9.91. The third kappa shape index (κ3) is 27.4. The van der Waals surface area contributed by atoms with E-state index in [1.165, 1.54) is 112 Å². The zero-order valence-electron chi connectivity index (χ0n) is 53.5. The van der Waals surface area contributed by atoms with Gasteiger partial charge in [0.2, 0.25) is 0 Å². The van der Waals surface area contributed by atoms with Crippen LogP contribution in [-0.2, 0) is 51.7 Å². The van der Waals surface area contributed by atoms with Gasteiger partial charge in [0, 0.05) is 0 Å². The Morgan fingerprint density at radius 1 is 0.469 bits per heavy atom. The van der Waals surface area contributed by atoms with Crippen molar-refractivity contribution in [1.29, 1.82) is 0 Å². The minimum Gasteiger partial charge on any atom is -0.508 e. The molecule has 1 aliphatic carbocycles. The first-order chi connectivity index (χ1) is 42.3. The molecule has 1 fully saturated rings. The van der Waals surface area contributed by atoms with Crippen LogP contribution in [0.25, 0.3) is 5.53 Å². The number of hydrogen-bond donors (Lipinski definition) is 1. The standard InChI is InChI=1S/C20H22N2O7S2.C19H22O7S2.C18H28O2.C10H14O.8CH4/c1-5-20(2,3)18(23)29-15-8-12-17(13-9-15)31(26,27)19(22-21)30(24,25)16-10-6-14(28-4)7-11-16;1-5-19(2,3)18(20)26-15-8-12-17(13-9-15)28(23,24)27(21,22)16-10-6-14(25-4)7-11-16;1-4-14(2)16-10-12-18(13-11-16)20-15(3)19-17-8-6-5-7-9-17;1-3-8(2)9-4-6-10(11)7-5-9;;;;;;;;/h6-13H,5H2,1-4H3;6-13H,5H2,1-4H3;10-15,17H,4-9H2,1-3H3;4-8,11H,3H2,1-2H3;8*1H4. The van der Waals surface area contributed by atoms with Gasteiger partial charge >= 0.3 is 16.3 Å². The van der Waals surface area contributed by atoms with E-state index in [1.54, 1.807) is 39.8 Å². The largest absolute Gasteiger partial charge is 0.508 e. The number of methoxy groups -OCH3 is 2. The van der Waals surface area contributed by atoms with Crippen molar-refractivity contribution in [2.45, 2.75) is 237 Å². The number of esters is 2. The number of sulfone groups is 2. The number of carbonyl (C=O) groups excluding carboxylic acids is 2. The van der Waals surface area contributed by atoms with Gasteiger partial charge in [0.1, 0.15) is 34.5 Å². The van der Waals surface area contributed by atoms with Crippen LogP contribution >= 0.6 is 0 Å². The van der Waals surface area contributed by atoms with E-state index < -0.39 is 79.2 Å². The highest BCUT2D eigenvalue weighted by molar-refractivity contribution is 8.67. The molecule has 0 bridgehead atoms. The Kier molecular flexibility index (Phi) is 45.2. The molecule has 6 aromatic carbocycles. The summed E-state index contributed by atoms with van der Waals surface area (Å²) in [4.78, 5) is 25.2. The first-order valence-electron chi connectivity index (χ1n) is 29.6. The molecule has 1 saturated carbocycles. The topological polar surface area (TPSA) is 283 Å². The van der Waals surface area contributed by atoms with Gasteiger partial charge in [-0.15, -0.1) is 4.79 Å².